The lowest BCUT2D eigenvalue weighted by Gasteiger charge is -2.27. The van der Waals surface area contributed by atoms with E-state index >= 15 is 0 Å². The second-order valence-electron chi connectivity index (χ2n) is 14.6. The average Bonchev–Trinajstić information content (AvgIpc) is 3.29. The van der Waals surface area contributed by atoms with E-state index in [1.807, 2.05) is 0 Å². The summed E-state index contributed by atoms with van der Waals surface area (Å²) in [5, 5.41) is 52.1. The van der Waals surface area contributed by atoms with Crippen LogP contribution in [0.5, 0.6) is 0 Å². The molecule has 0 radical (unpaired) electrons. The van der Waals surface area contributed by atoms with Crippen LogP contribution >= 0.6 is 0 Å². The fourth-order valence-electron chi connectivity index (χ4n) is 6.73. The lowest BCUT2D eigenvalue weighted by atomic mass is 10.1. The first-order chi connectivity index (χ1) is 31.1. The maximum absolute atomic E-state index is 13.9. The summed E-state index contributed by atoms with van der Waals surface area (Å²) < 4.78 is 0.902. The number of nitrogens with one attached hydrogen (secondary N) is 1. The van der Waals surface area contributed by atoms with Gasteiger partial charge in [-0.1, -0.05) is 24.3 Å². The summed E-state index contributed by atoms with van der Waals surface area (Å²) in [7, 11) is 0. The van der Waals surface area contributed by atoms with Crippen LogP contribution in [0.1, 0.15) is 83.3 Å². The zero-order valence-electron chi connectivity index (χ0n) is 34.8. The van der Waals surface area contributed by atoms with Crippen LogP contribution in [0.25, 0.3) is 0 Å². The van der Waals surface area contributed by atoms with Crippen molar-refractivity contribution in [3.8, 4) is 0 Å². The van der Waals surface area contributed by atoms with E-state index in [2.05, 4.69) is 5.32 Å². The smallest absolute Gasteiger partial charge is 0.335 e. The fourth-order valence-corrected chi connectivity index (χ4v) is 6.73. The van der Waals surface area contributed by atoms with Crippen LogP contribution < -0.4 is 27.6 Å². The molecule has 6 N–H and O–H groups in total. The number of carbonyl (C=O) groups excluding carboxylic acids is 4. The van der Waals surface area contributed by atoms with Crippen molar-refractivity contribution in [1.29, 1.82) is 0 Å². The van der Waals surface area contributed by atoms with Crippen LogP contribution in [0, 0.1) is 0 Å². The van der Waals surface area contributed by atoms with Crippen LogP contribution in [0.2, 0.25) is 0 Å². The molecule has 22 nitrogen and oxygen atoms in total. The molecule has 0 aliphatic rings. The van der Waals surface area contributed by atoms with Crippen molar-refractivity contribution in [2.45, 2.75) is 32.1 Å². The highest BCUT2D eigenvalue weighted by Gasteiger charge is 2.24. The lowest BCUT2D eigenvalue weighted by molar-refractivity contribution is 0.0666. The third-order valence-electron chi connectivity index (χ3n) is 10.2. The third-order valence-corrected chi connectivity index (χ3v) is 10.2. The minimum atomic E-state index is -1.12. The van der Waals surface area contributed by atoms with E-state index in [-0.39, 0.29) is 125 Å². The number of amides is 4. The van der Waals surface area contributed by atoms with E-state index < -0.39 is 51.8 Å². The molecule has 1 aromatic carbocycles. The summed E-state index contributed by atoms with van der Waals surface area (Å²) in [6, 6.07) is 18.2. The number of carboxylic acids is 1. The number of nitrogens with zero attached hydrogens (tertiary/aromatic N) is 7. The van der Waals surface area contributed by atoms with Crippen molar-refractivity contribution in [2.75, 3.05) is 45.8 Å². The molecule has 0 fully saturated rings. The molecule has 342 valence electrons. The number of carboxylic acid groups (broad SMARTS) is 1. The van der Waals surface area contributed by atoms with Crippen molar-refractivity contribution in [1.82, 2.24) is 38.9 Å². The highest BCUT2D eigenvalue weighted by molar-refractivity contribution is 5.95. The van der Waals surface area contributed by atoms with Gasteiger partial charge in [-0.15, -0.1) is 9.46 Å². The molecular weight excluding hydrogens is 853 g/mol. The minimum absolute atomic E-state index is 0.00948. The Kier molecular flexibility index (Phi) is 16.2. The number of pyridine rings is 4. The molecule has 0 bridgehead atoms. The number of benzene rings is 1. The van der Waals surface area contributed by atoms with Crippen molar-refractivity contribution < 1.29 is 49.9 Å². The molecule has 5 aromatic rings. The van der Waals surface area contributed by atoms with Crippen molar-refractivity contribution in [2.24, 2.45) is 0 Å². The molecule has 0 saturated carbocycles. The summed E-state index contributed by atoms with van der Waals surface area (Å²) in [4.78, 5) is 119. The van der Waals surface area contributed by atoms with Gasteiger partial charge in [-0.3, -0.25) is 38.4 Å². The van der Waals surface area contributed by atoms with Gasteiger partial charge in [0.1, 0.15) is 22.5 Å². The predicted octanol–water partition coefficient (Wildman–Crippen LogP) is 0.941. The van der Waals surface area contributed by atoms with Gasteiger partial charge < -0.3 is 46.0 Å². The molecule has 4 aromatic heterocycles. The summed E-state index contributed by atoms with van der Waals surface area (Å²) in [5.41, 5.74) is -4.26. The van der Waals surface area contributed by atoms with Crippen LogP contribution in [0.3, 0.4) is 0 Å². The Bertz CT molecular complexity index is 2780. The molecule has 0 atom stereocenters. The number of hydrogen-bond acceptors (Lipinski definition) is 13. The van der Waals surface area contributed by atoms with Crippen LogP contribution in [-0.4, -0.2) is 135 Å². The Morgan fingerprint density at radius 2 is 0.969 bits per heavy atom. The van der Waals surface area contributed by atoms with Gasteiger partial charge in [-0.05, 0) is 86.2 Å². The molecule has 0 saturated heterocycles. The van der Waals surface area contributed by atoms with Crippen LogP contribution in [-0.2, 0) is 6.42 Å². The van der Waals surface area contributed by atoms with Gasteiger partial charge in [-0.2, -0.15) is 9.46 Å². The first kappa shape index (κ1) is 47.6. The summed E-state index contributed by atoms with van der Waals surface area (Å²) in [6.07, 6.45) is 3.03. The zero-order valence-corrected chi connectivity index (χ0v) is 34.8. The molecule has 4 amide bonds. The summed E-state index contributed by atoms with van der Waals surface area (Å²) in [6.45, 7) is -0.0819. The van der Waals surface area contributed by atoms with Crippen LogP contribution in [0.15, 0.2) is 117 Å². The molecule has 65 heavy (non-hydrogen) atoms. The Balaban J connectivity index is 1.30. The summed E-state index contributed by atoms with van der Waals surface area (Å²) in [5.74, 6) is -4.11. The molecule has 5 rings (SSSR count). The molecule has 0 unspecified atom stereocenters. The Morgan fingerprint density at radius 1 is 0.508 bits per heavy atom. The molecule has 0 aliphatic carbocycles. The topological polar surface area (TPSA) is 296 Å². The number of aromatic carboxylic acids is 1. The van der Waals surface area contributed by atoms with E-state index in [1.165, 1.54) is 75.4 Å². The predicted molar refractivity (Wildman–Crippen MR) is 227 cm³/mol. The van der Waals surface area contributed by atoms with Gasteiger partial charge in [0.15, 0.2) is 0 Å². The van der Waals surface area contributed by atoms with Crippen molar-refractivity contribution >= 4 is 29.6 Å². The number of hydrogen-bond donors (Lipinski definition) is 6. The van der Waals surface area contributed by atoms with Crippen molar-refractivity contribution in [3.05, 3.63) is 172 Å². The lowest BCUT2D eigenvalue weighted by Crippen LogP contribution is -2.41. The first-order valence-corrected chi connectivity index (χ1v) is 20.2. The largest absolute Gasteiger partial charge is 0.478 e. The second-order valence-corrected chi connectivity index (χ2v) is 14.6. The molecule has 0 aliphatic heterocycles. The zero-order chi connectivity index (χ0) is 47.2. The normalized spacial score (nSPS) is 10.8. The summed E-state index contributed by atoms with van der Waals surface area (Å²) >= 11 is 0. The number of rotatable bonds is 21. The number of aromatic nitrogens is 4. The monoisotopic (exact) mass is 898 g/mol. The quantitative estimate of drug-likeness (QED) is 0.0442. The molecular formula is C43H46N8O14. The maximum Gasteiger partial charge on any atom is 0.335 e. The maximum atomic E-state index is 13.9. The molecule has 22 heteroatoms. The van der Waals surface area contributed by atoms with Crippen LogP contribution in [0.4, 0.5) is 0 Å². The van der Waals surface area contributed by atoms with Crippen molar-refractivity contribution in [3.63, 3.8) is 0 Å². The van der Waals surface area contributed by atoms with Gasteiger partial charge in [0, 0.05) is 70.3 Å². The van der Waals surface area contributed by atoms with Gasteiger partial charge in [-0.25, -0.2) is 4.79 Å². The van der Waals surface area contributed by atoms with Gasteiger partial charge >= 0.3 is 5.97 Å². The highest BCUT2D eigenvalue weighted by Crippen LogP contribution is 2.12. The minimum Gasteiger partial charge on any atom is -0.478 e. The Hall–Kier alpha value is -8.43. The Morgan fingerprint density at radius 3 is 1.51 bits per heavy atom. The van der Waals surface area contributed by atoms with Gasteiger partial charge in [0.25, 0.3) is 45.9 Å². The first-order valence-electron chi connectivity index (χ1n) is 20.2. The van der Waals surface area contributed by atoms with E-state index in [1.54, 1.807) is 12.1 Å². The van der Waals surface area contributed by atoms with E-state index in [0.717, 1.165) is 24.5 Å². The third kappa shape index (κ3) is 12.1. The molecule has 4 heterocycles. The SMILES string of the molecule is O=C(O)c1ccc(CCN(CCCN(CCCCN(CCCNC(=O)c2cccc(=O)n2O)C(=O)c2cccc(=O)n2O)C(=O)c2cccn(O)c2=O)C(=O)c2cccn(O)c2=O)cc1. The van der Waals surface area contributed by atoms with Gasteiger partial charge in [0.2, 0.25) is 0 Å². The average molecular weight is 899 g/mol. The Labute approximate surface area is 368 Å². The second kappa shape index (κ2) is 22.1. The molecule has 0 spiro atoms. The highest BCUT2D eigenvalue weighted by atomic mass is 16.5. The van der Waals surface area contributed by atoms with E-state index in [9.17, 15) is 69.1 Å². The van der Waals surface area contributed by atoms with Gasteiger partial charge in [0.05, 0.1) is 5.56 Å². The number of unbranched alkanes of at least 4 members (excludes halogenated alkanes) is 1. The van der Waals surface area contributed by atoms with E-state index in [0.29, 0.717) is 5.56 Å². The number of carbonyl (C=O) groups is 5. The van der Waals surface area contributed by atoms with E-state index in [4.69, 9.17) is 0 Å². The standard InChI is InChI=1S/C43H46N8O14/c52-35-13-3-11-33(50(35)64)37(54)44-20-7-23-46(42(59)34-12-4-14-36(53)51(34)65)22-2-1-21-45(38(55)31-9-5-26-48(62)40(31)57)24-8-25-47(39(56)32-10-6-27-49(63)41(32)58)28-19-29-15-17-30(18-16-29)43(60)61/h3-6,9-18,26-27,62-65H,1-2,7-8,19-25,28H2,(H,44,54)(H,60,61). The fraction of sp³-hybridized carbons (Fsp3) is 0.279.